The van der Waals surface area contributed by atoms with Gasteiger partial charge in [-0.3, -0.25) is 9.59 Å². The van der Waals surface area contributed by atoms with Crippen LogP contribution in [-0.4, -0.2) is 45.1 Å². The molecule has 8 heteroatoms. The highest BCUT2D eigenvalue weighted by molar-refractivity contribution is 7.89. The Morgan fingerprint density at radius 3 is 2.66 bits per heavy atom. The van der Waals surface area contributed by atoms with Gasteiger partial charge in [0.1, 0.15) is 0 Å². The van der Waals surface area contributed by atoms with Gasteiger partial charge in [-0.05, 0) is 55.5 Å². The van der Waals surface area contributed by atoms with Crippen molar-refractivity contribution in [2.45, 2.75) is 51.0 Å². The van der Waals surface area contributed by atoms with Crippen molar-refractivity contribution in [2.75, 3.05) is 23.7 Å². The van der Waals surface area contributed by atoms with Gasteiger partial charge in [0, 0.05) is 30.4 Å². The fourth-order valence-corrected chi connectivity index (χ4v) is 5.24. The molecule has 0 saturated heterocycles. The minimum Gasteiger partial charge on any atom is -0.351 e. The summed E-state index contributed by atoms with van der Waals surface area (Å²) in [5.41, 5.74) is 2.21. The van der Waals surface area contributed by atoms with Crippen molar-refractivity contribution in [1.82, 2.24) is 10.0 Å². The van der Waals surface area contributed by atoms with Crippen LogP contribution in [0, 0.1) is 0 Å². The van der Waals surface area contributed by atoms with Crippen LogP contribution >= 0.6 is 0 Å². The summed E-state index contributed by atoms with van der Waals surface area (Å²) in [5, 5.41) is 2.69. The van der Waals surface area contributed by atoms with Crippen LogP contribution in [0.2, 0.25) is 0 Å². The van der Waals surface area contributed by atoms with Crippen molar-refractivity contribution >= 4 is 27.5 Å². The molecule has 2 aliphatic rings. The minimum atomic E-state index is -3.41. The van der Waals surface area contributed by atoms with E-state index < -0.39 is 10.0 Å². The summed E-state index contributed by atoms with van der Waals surface area (Å²) in [6, 6.07) is 5.23. The molecule has 2 N–H and O–H groups in total. The van der Waals surface area contributed by atoms with E-state index in [9.17, 15) is 18.0 Å². The molecule has 0 atom stereocenters. The predicted molar refractivity (Wildman–Crippen MR) is 113 cm³/mol. The Morgan fingerprint density at radius 2 is 1.93 bits per heavy atom. The summed E-state index contributed by atoms with van der Waals surface area (Å²) in [6.07, 6.45) is 7.93. The molecule has 0 spiro atoms. The molecule has 158 valence electrons. The summed E-state index contributed by atoms with van der Waals surface area (Å²) in [6.45, 7) is 4.22. The quantitative estimate of drug-likeness (QED) is 0.662. The molecule has 0 unspecified atom stereocenters. The first-order valence-electron chi connectivity index (χ1n) is 10.2. The van der Waals surface area contributed by atoms with E-state index in [1.165, 1.54) is 6.08 Å². The van der Waals surface area contributed by atoms with E-state index in [4.69, 9.17) is 0 Å². The minimum absolute atomic E-state index is 0.0197. The number of aryl methyl sites for hydroxylation is 1. The van der Waals surface area contributed by atoms with Crippen LogP contribution in [-0.2, 0) is 21.2 Å². The molecule has 1 fully saturated rings. The van der Waals surface area contributed by atoms with E-state index in [1.54, 1.807) is 23.1 Å². The third-order valence-electron chi connectivity index (χ3n) is 5.51. The maximum absolute atomic E-state index is 12.5. The molecule has 29 heavy (non-hydrogen) atoms. The maximum atomic E-state index is 12.5. The van der Waals surface area contributed by atoms with E-state index in [-0.39, 0.29) is 30.2 Å². The zero-order valence-electron chi connectivity index (χ0n) is 16.7. The van der Waals surface area contributed by atoms with Gasteiger partial charge in [-0.25, -0.2) is 13.1 Å². The van der Waals surface area contributed by atoms with E-state index in [0.717, 1.165) is 56.2 Å². The Bertz CT molecular complexity index is 876. The molecule has 2 amide bonds. The Hall–Kier alpha value is -2.19. The van der Waals surface area contributed by atoms with Crippen molar-refractivity contribution in [3.8, 4) is 0 Å². The standard InChI is InChI=1S/C21H29N3O4S/c1-2-20(25)24-13-6-7-16-15-17(10-11-19(16)24)21(26)22-12-14-29(27,28)23-18-8-4-3-5-9-18/h2,10-11,15,18,23H,1,3-9,12-14H2,(H,22,26). The molecule has 1 aromatic carbocycles. The number of carbonyl (C=O) groups is 2. The summed E-state index contributed by atoms with van der Waals surface area (Å²) in [5.74, 6) is -0.603. The lowest BCUT2D eigenvalue weighted by Crippen LogP contribution is -2.40. The van der Waals surface area contributed by atoms with E-state index >= 15 is 0 Å². The smallest absolute Gasteiger partial charge is 0.251 e. The van der Waals surface area contributed by atoms with Gasteiger partial charge in [-0.2, -0.15) is 0 Å². The van der Waals surface area contributed by atoms with Crippen molar-refractivity contribution < 1.29 is 18.0 Å². The van der Waals surface area contributed by atoms with Crippen molar-refractivity contribution in [3.63, 3.8) is 0 Å². The third kappa shape index (κ3) is 5.67. The van der Waals surface area contributed by atoms with Crippen molar-refractivity contribution in [3.05, 3.63) is 42.0 Å². The molecular formula is C21H29N3O4S. The largest absolute Gasteiger partial charge is 0.351 e. The highest BCUT2D eigenvalue weighted by Gasteiger charge is 2.23. The zero-order valence-corrected chi connectivity index (χ0v) is 17.5. The average Bonchev–Trinajstić information content (AvgIpc) is 2.72. The number of benzene rings is 1. The Kier molecular flexibility index (Phi) is 7.08. The first kappa shape index (κ1) is 21.5. The molecule has 1 aromatic rings. The van der Waals surface area contributed by atoms with Crippen LogP contribution in [0.5, 0.6) is 0 Å². The van der Waals surface area contributed by atoms with Gasteiger partial charge in [0.25, 0.3) is 5.91 Å². The van der Waals surface area contributed by atoms with Crippen LogP contribution in [0.25, 0.3) is 0 Å². The van der Waals surface area contributed by atoms with Gasteiger partial charge >= 0.3 is 0 Å². The number of sulfonamides is 1. The summed E-state index contributed by atoms with van der Waals surface area (Å²) < 4.78 is 27.2. The molecular weight excluding hydrogens is 390 g/mol. The van der Waals surface area contributed by atoms with Crippen LogP contribution in [0.1, 0.15) is 54.4 Å². The predicted octanol–water partition coefficient (Wildman–Crippen LogP) is 2.13. The molecule has 1 aliphatic heterocycles. The lowest BCUT2D eigenvalue weighted by Gasteiger charge is -2.29. The second-order valence-electron chi connectivity index (χ2n) is 7.67. The Balaban J connectivity index is 1.55. The second-order valence-corrected chi connectivity index (χ2v) is 9.54. The monoisotopic (exact) mass is 419 g/mol. The highest BCUT2D eigenvalue weighted by atomic mass is 32.2. The topological polar surface area (TPSA) is 95.6 Å². The third-order valence-corrected chi connectivity index (χ3v) is 6.94. The van der Waals surface area contributed by atoms with Crippen LogP contribution < -0.4 is 14.9 Å². The number of hydrogen-bond acceptors (Lipinski definition) is 4. The molecule has 1 heterocycles. The van der Waals surface area contributed by atoms with Crippen LogP contribution in [0.3, 0.4) is 0 Å². The number of hydrogen-bond donors (Lipinski definition) is 2. The van der Waals surface area contributed by atoms with E-state index in [2.05, 4.69) is 16.6 Å². The lowest BCUT2D eigenvalue weighted by molar-refractivity contribution is -0.114. The van der Waals surface area contributed by atoms with Crippen LogP contribution in [0.4, 0.5) is 5.69 Å². The van der Waals surface area contributed by atoms with Gasteiger partial charge in [-0.15, -0.1) is 0 Å². The SMILES string of the molecule is C=CC(=O)N1CCCc2cc(C(=O)NCCS(=O)(=O)NC3CCCCC3)ccc21. The average molecular weight is 420 g/mol. The highest BCUT2D eigenvalue weighted by Crippen LogP contribution is 2.28. The van der Waals surface area contributed by atoms with Gasteiger partial charge in [0.05, 0.1) is 5.75 Å². The normalized spacial score (nSPS) is 17.4. The van der Waals surface area contributed by atoms with E-state index in [1.807, 2.05) is 0 Å². The Labute approximate surface area is 172 Å². The maximum Gasteiger partial charge on any atom is 0.251 e. The van der Waals surface area contributed by atoms with Crippen LogP contribution in [0.15, 0.2) is 30.9 Å². The number of amides is 2. The van der Waals surface area contributed by atoms with Gasteiger partial charge < -0.3 is 10.2 Å². The molecule has 1 saturated carbocycles. The summed E-state index contributed by atoms with van der Waals surface area (Å²) in [4.78, 5) is 26.1. The number of nitrogens with zero attached hydrogens (tertiary/aromatic N) is 1. The molecule has 3 rings (SSSR count). The number of fused-ring (bicyclic) bond motifs is 1. The second kappa shape index (κ2) is 9.54. The first-order valence-corrected chi connectivity index (χ1v) is 11.9. The zero-order chi connectivity index (χ0) is 20.9. The van der Waals surface area contributed by atoms with Gasteiger partial charge in [0.2, 0.25) is 15.9 Å². The fraction of sp³-hybridized carbons (Fsp3) is 0.524. The molecule has 0 radical (unpaired) electrons. The number of nitrogens with one attached hydrogen (secondary N) is 2. The van der Waals surface area contributed by atoms with Crippen molar-refractivity contribution in [1.29, 1.82) is 0 Å². The Morgan fingerprint density at radius 1 is 1.17 bits per heavy atom. The number of rotatable bonds is 7. The molecule has 0 aromatic heterocycles. The lowest BCUT2D eigenvalue weighted by atomic mass is 9.96. The summed E-state index contributed by atoms with van der Waals surface area (Å²) in [7, 11) is -3.41. The first-order chi connectivity index (χ1) is 13.9. The fourth-order valence-electron chi connectivity index (χ4n) is 4.01. The summed E-state index contributed by atoms with van der Waals surface area (Å²) >= 11 is 0. The van der Waals surface area contributed by atoms with E-state index in [0.29, 0.717) is 12.1 Å². The molecule has 0 bridgehead atoms. The molecule has 7 nitrogen and oxygen atoms in total. The van der Waals surface area contributed by atoms with Gasteiger partial charge in [0.15, 0.2) is 0 Å². The molecule has 1 aliphatic carbocycles. The van der Waals surface area contributed by atoms with Gasteiger partial charge in [-0.1, -0.05) is 25.8 Å². The van der Waals surface area contributed by atoms with Crippen molar-refractivity contribution in [2.24, 2.45) is 0 Å². The number of carbonyl (C=O) groups excluding carboxylic acids is 2. The number of anilines is 1.